The molecular formula is C14H10N2O4. The van der Waals surface area contributed by atoms with Crippen LogP contribution < -0.4 is 16.9 Å². The predicted molar refractivity (Wildman–Crippen MR) is 72.9 cm³/mol. The summed E-state index contributed by atoms with van der Waals surface area (Å²) in [6.07, 6.45) is 1.52. The Kier molecular flexibility index (Phi) is 2.83. The van der Waals surface area contributed by atoms with Gasteiger partial charge in [0.15, 0.2) is 0 Å². The van der Waals surface area contributed by atoms with Crippen molar-refractivity contribution in [1.29, 1.82) is 0 Å². The summed E-state index contributed by atoms with van der Waals surface area (Å²) in [5.74, 6) is -0.722. The summed E-state index contributed by atoms with van der Waals surface area (Å²) in [5, 5.41) is 0.344. The van der Waals surface area contributed by atoms with Crippen molar-refractivity contribution in [2.75, 3.05) is 0 Å². The molecule has 0 spiro atoms. The highest BCUT2D eigenvalue weighted by atomic mass is 16.4. The van der Waals surface area contributed by atoms with Crippen LogP contribution in [0, 0.1) is 0 Å². The maximum absolute atomic E-state index is 11.8. The van der Waals surface area contributed by atoms with E-state index in [2.05, 4.69) is 4.98 Å². The average Bonchev–Trinajstić information content (AvgIpc) is 2.45. The third kappa shape index (κ3) is 2.07. The first-order chi connectivity index (χ1) is 9.65. The molecular weight excluding hydrogens is 260 g/mol. The molecule has 1 aromatic carbocycles. The third-order valence-corrected chi connectivity index (χ3v) is 3.00. The van der Waals surface area contributed by atoms with E-state index in [0.29, 0.717) is 10.9 Å². The van der Waals surface area contributed by atoms with Crippen molar-refractivity contribution in [3.8, 4) is 0 Å². The lowest BCUT2D eigenvalue weighted by Crippen LogP contribution is -2.25. The maximum Gasteiger partial charge on any atom is 0.422 e. The zero-order chi connectivity index (χ0) is 14.1. The molecule has 0 aliphatic carbocycles. The summed E-state index contributed by atoms with van der Waals surface area (Å²) in [5.41, 5.74) is 0.361. The second kappa shape index (κ2) is 4.65. The Bertz CT molecular complexity index is 929. The SMILES string of the molecule is O=c1ccc(Cn2c(=O)oc(=O)c3ccccc32)c[nH]1. The molecule has 0 aliphatic heterocycles. The fourth-order valence-electron chi connectivity index (χ4n) is 2.04. The number of rotatable bonds is 2. The van der Waals surface area contributed by atoms with E-state index in [1.807, 2.05) is 0 Å². The van der Waals surface area contributed by atoms with E-state index in [1.54, 1.807) is 30.3 Å². The monoisotopic (exact) mass is 270 g/mol. The lowest BCUT2D eigenvalue weighted by atomic mass is 10.2. The van der Waals surface area contributed by atoms with Gasteiger partial charge in [-0.2, -0.15) is 0 Å². The quantitative estimate of drug-likeness (QED) is 0.742. The number of nitrogens with zero attached hydrogens (tertiary/aromatic N) is 1. The number of aromatic amines is 1. The van der Waals surface area contributed by atoms with Gasteiger partial charge in [-0.25, -0.2) is 9.59 Å². The highest BCUT2D eigenvalue weighted by molar-refractivity contribution is 5.77. The minimum Gasteiger partial charge on any atom is -0.372 e. The van der Waals surface area contributed by atoms with E-state index in [9.17, 15) is 14.4 Å². The summed E-state index contributed by atoms with van der Waals surface area (Å²) in [6, 6.07) is 9.72. The van der Waals surface area contributed by atoms with Gasteiger partial charge in [0.1, 0.15) is 0 Å². The number of fused-ring (bicyclic) bond motifs is 1. The van der Waals surface area contributed by atoms with Crippen molar-refractivity contribution in [3.63, 3.8) is 0 Å². The summed E-state index contributed by atoms with van der Waals surface area (Å²) < 4.78 is 6.05. The topological polar surface area (TPSA) is 85.1 Å². The Morgan fingerprint density at radius 2 is 1.85 bits per heavy atom. The van der Waals surface area contributed by atoms with Crippen LogP contribution in [-0.2, 0) is 6.54 Å². The fourth-order valence-corrected chi connectivity index (χ4v) is 2.04. The van der Waals surface area contributed by atoms with Gasteiger partial charge in [0.2, 0.25) is 5.56 Å². The Labute approximate surface area is 111 Å². The number of nitrogens with one attached hydrogen (secondary N) is 1. The van der Waals surface area contributed by atoms with Crippen molar-refractivity contribution in [2.45, 2.75) is 6.54 Å². The van der Waals surface area contributed by atoms with Crippen molar-refractivity contribution >= 4 is 10.9 Å². The van der Waals surface area contributed by atoms with Crippen LogP contribution in [0.3, 0.4) is 0 Å². The van der Waals surface area contributed by atoms with E-state index >= 15 is 0 Å². The number of aromatic nitrogens is 2. The van der Waals surface area contributed by atoms with E-state index in [4.69, 9.17) is 4.42 Å². The number of benzene rings is 1. The minimum atomic E-state index is -0.722. The molecule has 3 aromatic rings. The number of pyridine rings is 1. The molecule has 0 aliphatic rings. The smallest absolute Gasteiger partial charge is 0.372 e. The molecule has 2 aromatic heterocycles. The molecule has 0 bridgehead atoms. The highest BCUT2D eigenvalue weighted by Crippen LogP contribution is 2.09. The van der Waals surface area contributed by atoms with E-state index < -0.39 is 11.4 Å². The van der Waals surface area contributed by atoms with Crippen LogP contribution >= 0.6 is 0 Å². The molecule has 2 heterocycles. The van der Waals surface area contributed by atoms with Gasteiger partial charge >= 0.3 is 11.4 Å². The zero-order valence-electron chi connectivity index (χ0n) is 10.3. The normalized spacial score (nSPS) is 10.8. The van der Waals surface area contributed by atoms with Crippen molar-refractivity contribution < 1.29 is 4.42 Å². The van der Waals surface area contributed by atoms with Crippen molar-refractivity contribution in [1.82, 2.24) is 9.55 Å². The Morgan fingerprint density at radius 3 is 2.60 bits per heavy atom. The van der Waals surface area contributed by atoms with E-state index in [1.165, 1.54) is 16.8 Å². The summed E-state index contributed by atoms with van der Waals surface area (Å²) in [4.78, 5) is 37.0. The zero-order valence-corrected chi connectivity index (χ0v) is 10.3. The van der Waals surface area contributed by atoms with E-state index in [-0.39, 0.29) is 12.1 Å². The molecule has 1 N–H and O–H groups in total. The molecule has 20 heavy (non-hydrogen) atoms. The van der Waals surface area contributed by atoms with Crippen LogP contribution in [0.1, 0.15) is 5.56 Å². The van der Waals surface area contributed by atoms with Crippen LogP contribution in [0.2, 0.25) is 0 Å². The Balaban J connectivity index is 2.21. The standard InChI is InChI=1S/C14H10N2O4/c17-12-6-5-9(7-15-12)8-16-11-4-2-1-3-10(11)13(18)20-14(16)19/h1-7H,8H2,(H,15,17). The molecule has 6 heteroatoms. The van der Waals surface area contributed by atoms with Gasteiger partial charge in [-0.1, -0.05) is 18.2 Å². The van der Waals surface area contributed by atoms with Gasteiger partial charge in [0, 0.05) is 12.3 Å². The second-order valence-electron chi connectivity index (χ2n) is 4.32. The van der Waals surface area contributed by atoms with E-state index in [0.717, 1.165) is 5.56 Å². The number of para-hydroxylation sites is 1. The van der Waals surface area contributed by atoms with Gasteiger partial charge in [-0.15, -0.1) is 0 Å². The molecule has 0 unspecified atom stereocenters. The van der Waals surface area contributed by atoms with Gasteiger partial charge < -0.3 is 9.40 Å². The molecule has 0 saturated heterocycles. The first-order valence-electron chi connectivity index (χ1n) is 5.95. The van der Waals surface area contributed by atoms with Crippen LogP contribution in [0.15, 0.2) is 61.4 Å². The molecule has 0 amide bonds. The fraction of sp³-hybridized carbons (Fsp3) is 0.0714. The third-order valence-electron chi connectivity index (χ3n) is 3.00. The molecule has 6 nitrogen and oxygen atoms in total. The molecule has 0 atom stereocenters. The largest absolute Gasteiger partial charge is 0.422 e. The van der Waals surface area contributed by atoms with Gasteiger partial charge in [0.05, 0.1) is 17.4 Å². The molecule has 0 radical (unpaired) electrons. The molecule has 0 fully saturated rings. The van der Waals surface area contributed by atoms with Gasteiger partial charge in [-0.05, 0) is 17.7 Å². The molecule has 0 saturated carbocycles. The van der Waals surface area contributed by atoms with Crippen LogP contribution in [0.25, 0.3) is 10.9 Å². The maximum atomic E-state index is 11.8. The molecule has 100 valence electrons. The summed E-state index contributed by atoms with van der Waals surface area (Å²) >= 11 is 0. The number of hydrogen-bond acceptors (Lipinski definition) is 4. The van der Waals surface area contributed by atoms with Crippen LogP contribution in [0.5, 0.6) is 0 Å². The second-order valence-corrected chi connectivity index (χ2v) is 4.32. The van der Waals surface area contributed by atoms with Gasteiger partial charge in [-0.3, -0.25) is 9.36 Å². The lowest BCUT2D eigenvalue weighted by molar-refractivity contribution is 0.424. The number of H-pyrrole nitrogens is 1. The summed E-state index contributed by atoms with van der Waals surface area (Å²) in [6.45, 7) is 0.208. The van der Waals surface area contributed by atoms with Gasteiger partial charge in [0.25, 0.3) is 0 Å². The first kappa shape index (κ1) is 12.2. The highest BCUT2D eigenvalue weighted by Gasteiger charge is 2.09. The Hall–Kier alpha value is -2.89. The van der Waals surface area contributed by atoms with Crippen molar-refractivity contribution in [2.24, 2.45) is 0 Å². The van der Waals surface area contributed by atoms with Crippen LogP contribution in [-0.4, -0.2) is 9.55 Å². The summed E-state index contributed by atoms with van der Waals surface area (Å²) in [7, 11) is 0. The first-order valence-corrected chi connectivity index (χ1v) is 5.95. The Morgan fingerprint density at radius 1 is 1.05 bits per heavy atom. The number of hydrogen-bond donors (Lipinski definition) is 1. The minimum absolute atomic E-state index is 0.208. The van der Waals surface area contributed by atoms with Crippen molar-refractivity contribution in [3.05, 3.63) is 79.5 Å². The predicted octanol–water partition coefficient (Wildman–Crippen LogP) is 0.691. The van der Waals surface area contributed by atoms with Crippen LogP contribution in [0.4, 0.5) is 0 Å². The lowest BCUT2D eigenvalue weighted by Gasteiger charge is -2.07. The molecule has 3 rings (SSSR count). The average molecular weight is 270 g/mol.